The third-order valence-corrected chi connectivity index (χ3v) is 11.0. The second-order valence-electron chi connectivity index (χ2n) is 17.7. The zero-order chi connectivity index (χ0) is 51.4. The molecule has 0 saturated carbocycles. The normalized spacial score (nSPS) is 13.3. The van der Waals surface area contributed by atoms with E-state index in [0.717, 1.165) is 109 Å². The van der Waals surface area contributed by atoms with Crippen molar-refractivity contribution in [1.82, 2.24) is 0 Å². The van der Waals surface area contributed by atoms with E-state index in [9.17, 15) is 14.4 Å². The van der Waals surface area contributed by atoms with Crippen LogP contribution in [0.25, 0.3) is 0 Å². The molecule has 1 atom stereocenters. The van der Waals surface area contributed by atoms with Gasteiger partial charge in [0.25, 0.3) is 0 Å². The summed E-state index contributed by atoms with van der Waals surface area (Å²) in [6, 6.07) is 0. The number of hydrogen-bond acceptors (Lipinski definition) is 6. The average molecular weight is 978 g/mol. The fourth-order valence-corrected chi connectivity index (χ4v) is 6.81. The molecular weight excluding hydrogens is 877 g/mol. The van der Waals surface area contributed by atoms with E-state index >= 15 is 0 Å². The minimum Gasteiger partial charge on any atom is -0.462 e. The van der Waals surface area contributed by atoms with Crippen molar-refractivity contribution in [3.63, 3.8) is 0 Å². The van der Waals surface area contributed by atoms with Crippen LogP contribution in [0, 0.1) is 0 Å². The van der Waals surface area contributed by atoms with Crippen LogP contribution < -0.4 is 0 Å². The first kappa shape index (κ1) is 66.0. The number of unbranched alkanes of at least 4 members (excludes halogenated alkanes) is 11. The second-order valence-corrected chi connectivity index (χ2v) is 17.7. The molecule has 0 heterocycles. The van der Waals surface area contributed by atoms with Gasteiger partial charge in [-0.25, -0.2) is 0 Å². The summed E-state index contributed by atoms with van der Waals surface area (Å²) in [7, 11) is 0. The minimum atomic E-state index is -0.856. The molecule has 0 aliphatic heterocycles. The third kappa shape index (κ3) is 55.8. The zero-order valence-electron chi connectivity index (χ0n) is 45.2. The maximum Gasteiger partial charge on any atom is 0.306 e. The molecular formula is C65H100O6. The fourth-order valence-electron chi connectivity index (χ4n) is 6.81. The molecule has 0 saturated heterocycles. The van der Waals surface area contributed by atoms with Crippen LogP contribution in [0.2, 0.25) is 0 Å². The smallest absolute Gasteiger partial charge is 0.306 e. The summed E-state index contributed by atoms with van der Waals surface area (Å²) < 4.78 is 16.7. The number of esters is 3. The first-order chi connectivity index (χ1) is 35.0. The van der Waals surface area contributed by atoms with Gasteiger partial charge in [-0.05, 0) is 141 Å². The van der Waals surface area contributed by atoms with E-state index < -0.39 is 12.1 Å². The van der Waals surface area contributed by atoms with Crippen LogP contribution in [-0.2, 0) is 28.6 Å². The molecule has 0 fully saturated rings. The summed E-state index contributed by atoms with van der Waals surface area (Å²) in [5.74, 6) is -1.11. The summed E-state index contributed by atoms with van der Waals surface area (Å²) in [4.78, 5) is 38.1. The lowest BCUT2D eigenvalue weighted by Gasteiger charge is -2.18. The molecule has 0 rings (SSSR count). The molecule has 0 aromatic carbocycles. The van der Waals surface area contributed by atoms with Crippen LogP contribution in [-0.4, -0.2) is 37.2 Å². The van der Waals surface area contributed by atoms with Gasteiger partial charge in [0.05, 0.1) is 0 Å². The standard InChI is InChI=1S/C65H100O6/c1-4-7-10-13-16-19-22-25-28-30-32-34-37-40-43-46-49-52-55-58-64(67)70-61-62(60-69-63(66)57-54-51-48-45-42-39-36-27-24-21-18-15-12-9-6-3)71-65(68)59-56-53-50-47-44-41-38-35-33-31-29-26-23-20-17-14-11-8-5-2/h7,10,16-21,25-29,32-36,40-45,50,53,62H,4-6,8-9,11-15,22-24,30-31,37-39,46-49,51-52,54-61H2,1-3H3/b10-7-,19-16-,20-17-,21-18-,28-25-,29-26-,34-32-,35-33-,36-27-,43-40-,44-41-,45-42-,53-50-/t62-/m0/s1. The van der Waals surface area contributed by atoms with Gasteiger partial charge in [0.15, 0.2) is 6.10 Å². The Labute approximate surface area is 435 Å². The van der Waals surface area contributed by atoms with Gasteiger partial charge in [0.1, 0.15) is 13.2 Å². The molecule has 396 valence electrons. The van der Waals surface area contributed by atoms with Gasteiger partial charge in [-0.2, -0.15) is 0 Å². The Morgan fingerprint density at radius 3 is 0.915 bits per heavy atom. The SMILES string of the molecule is CC/C=C\C/C=C\C/C=C\C/C=C\C/C=C\CCCCCC(=O)OC[C@H](COC(=O)CCCC/C=C\C/C=C\C/C=C\CCCCC)OC(=O)CC/C=C\C/C=C\C/C=C\C/C=C\C/C=C\CCCCC. The summed E-state index contributed by atoms with van der Waals surface area (Å²) in [6.07, 6.45) is 83.8. The summed E-state index contributed by atoms with van der Waals surface area (Å²) in [5, 5.41) is 0. The summed E-state index contributed by atoms with van der Waals surface area (Å²) >= 11 is 0. The van der Waals surface area contributed by atoms with Gasteiger partial charge in [-0.1, -0.05) is 211 Å². The highest BCUT2D eigenvalue weighted by molar-refractivity contribution is 5.71. The van der Waals surface area contributed by atoms with Gasteiger partial charge < -0.3 is 14.2 Å². The van der Waals surface area contributed by atoms with Crippen LogP contribution in [0.3, 0.4) is 0 Å². The molecule has 0 aromatic heterocycles. The highest BCUT2D eigenvalue weighted by atomic mass is 16.6. The highest BCUT2D eigenvalue weighted by Gasteiger charge is 2.19. The lowest BCUT2D eigenvalue weighted by molar-refractivity contribution is -0.166. The molecule has 0 bridgehead atoms. The van der Waals surface area contributed by atoms with Crippen LogP contribution >= 0.6 is 0 Å². The highest BCUT2D eigenvalue weighted by Crippen LogP contribution is 2.10. The monoisotopic (exact) mass is 977 g/mol. The quantitative estimate of drug-likeness (QED) is 0.0262. The summed E-state index contributed by atoms with van der Waals surface area (Å²) in [5.41, 5.74) is 0. The molecule has 6 heteroatoms. The largest absolute Gasteiger partial charge is 0.462 e. The van der Waals surface area contributed by atoms with Gasteiger partial charge in [-0.15, -0.1) is 0 Å². The molecule has 0 spiro atoms. The van der Waals surface area contributed by atoms with Crippen molar-refractivity contribution in [2.45, 2.75) is 219 Å². The second kappa shape index (κ2) is 57.6. The van der Waals surface area contributed by atoms with Crippen LogP contribution in [0.1, 0.15) is 213 Å². The molecule has 0 aliphatic rings. The van der Waals surface area contributed by atoms with Crippen molar-refractivity contribution in [3.05, 3.63) is 158 Å². The zero-order valence-corrected chi connectivity index (χ0v) is 45.2. The number of ether oxygens (including phenoxy) is 3. The van der Waals surface area contributed by atoms with Crippen molar-refractivity contribution in [3.8, 4) is 0 Å². The van der Waals surface area contributed by atoms with Gasteiger partial charge in [0.2, 0.25) is 0 Å². The number of rotatable bonds is 48. The van der Waals surface area contributed by atoms with E-state index in [1.54, 1.807) is 0 Å². The maximum absolute atomic E-state index is 12.8. The van der Waals surface area contributed by atoms with Gasteiger partial charge in [0, 0.05) is 19.3 Å². The van der Waals surface area contributed by atoms with E-state index in [0.29, 0.717) is 12.8 Å². The van der Waals surface area contributed by atoms with Crippen LogP contribution in [0.4, 0.5) is 0 Å². The molecule has 0 N–H and O–H groups in total. The van der Waals surface area contributed by atoms with Crippen LogP contribution in [0.15, 0.2) is 158 Å². The van der Waals surface area contributed by atoms with E-state index in [1.807, 2.05) is 12.2 Å². The number of allylic oxidation sites excluding steroid dienone is 26. The molecule has 71 heavy (non-hydrogen) atoms. The van der Waals surface area contributed by atoms with Gasteiger partial charge in [-0.3, -0.25) is 14.4 Å². The molecule has 0 unspecified atom stereocenters. The van der Waals surface area contributed by atoms with Gasteiger partial charge >= 0.3 is 17.9 Å². The number of carbonyl (C=O) groups excluding carboxylic acids is 3. The topological polar surface area (TPSA) is 78.9 Å². The number of carbonyl (C=O) groups is 3. The Hall–Kier alpha value is -4.97. The lowest BCUT2D eigenvalue weighted by atomic mass is 10.1. The Balaban J connectivity index is 4.66. The predicted molar refractivity (Wildman–Crippen MR) is 306 cm³/mol. The average Bonchev–Trinajstić information content (AvgIpc) is 3.37. The molecule has 0 amide bonds. The molecule has 0 aliphatic carbocycles. The third-order valence-electron chi connectivity index (χ3n) is 11.0. The van der Waals surface area contributed by atoms with E-state index in [-0.39, 0.29) is 44.4 Å². The van der Waals surface area contributed by atoms with Crippen molar-refractivity contribution in [2.24, 2.45) is 0 Å². The van der Waals surface area contributed by atoms with E-state index in [2.05, 4.69) is 167 Å². The first-order valence-corrected chi connectivity index (χ1v) is 28.0. The fraction of sp³-hybridized carbons (Fsp3) is 0.554. The first-order valence-electron chi connectivity index (χ1n) is 28.0. The lowest BCUT2D eigenvalue weighted by Crippen LogP contribution is -2.30. The number of hydrogen-bond donors (Lipinski definition) is 0. The Bertz CT molecular complexity index is 1640. The Morgan fingerprint density at radius 1 is 0.296 bits per heavy atom. The predicted octanol–water partition coefficient (Wildman–Crippen LogP) is 19.0. The van der Waals surface area contributed by atoms with Crippen molar-refractivity contribution in [2.75, 3.05) is 13.2 Å². The Kier molecular flexibility index (Phi) is 53.6. The molecule has 6 nitrogen and oxygen atoms in total. The molecule has 0 aromatic rings. The minimum absolute atomic E-state index is 0.145. The van der Waals surface area contributed by atoms with Crippen molar-refractivity contribution < 1.29 is 28.6 Å². The van der Waals surface area contributed by atoms with Crippen molar-refractivity contribution >= 4 is 17.9 Å². The van der Waals surface area contributed by atoms with Crippen molar-refractivity contribution in [1.29, 1.82) is 0 Å². The summed E-state index contributed by atoms with van der Waals surface area (Å²) in [6.45, 7) is 6.32. The van der Waals surface area contributed by atoms with E-state index in [4.69, 9.17) is 14.2 Å². The maximum atomic E-state index is 12.8. The van der Waals surface area contributed by atoms with Crippen LogP contribution in [0.5, 0.6) is 0 Å². The molecule has 0 radical (unpaired) electrons. The van der Waals surface area contributed by atoms with E-state index in [1.165, 1.54) is 51.4 Å². The Morgan fingerprint density at radius 2 is 0.577 bits per heavy atom.